The minimum atomic E-state index is -4.90. The van der Waals surface area contributed by atoms with E-state index in [0.29, 0.717) is 36.8 Å². The summed E-state index contributed by atoms with van der Waals surface area (Å²) < 4.78 is 75.5. The summed E-state index contributed by atoms with van der Waals surface area (Å²) in [7, 11) is -4.16. The number of ether oxygens (including phenoxy) is 2. The van der Waals surface area contributed by atoms with E-state index >= 15 is 0 Å². The molecule has 0 aromatic heterocycles. The van der Waals surface area contributed by atoms with Crippen LogP contribution < -0.4 is 9.46 Å². The molecular weight excluding hydrogens is 570 g/mol. The van der Waals surface area contributed by atoms with E-state index < -0.39 is 39.9 Å². The number of nitrogens with one attached hydrogen (secondary N) is 1. The number of nitrogens with zero attached hydrogens (tertiary/aromatic N) is 2. The van der Waals surface area contributed by atoms with Crippen molar-refractivity contribution < 1.29 is 35.9 Å². The summed E-state index contributed by atoms with van der Waals surface area (Å²) in [5, 5.41) is 0.528. The molecule has 1 amide bonds. The third-order valence-electron chi connectivity index (χ3n) is 5.48. The predicted molar refractivity (Wildman–Crippen MR) is 137 cm³/mol. The van der Waals surface area contributed by atoms with E-state index in [2.05, 4.69) is 9.46 Å². The molecule has 1 fully saturated rings. The number of amides is 1. The predicted octanol–water partition coefficient (Wildman–Crippen LogP) is 5.46. The zero-order valence-corrected chi connectivity index (χ0v) is 23.2. The van der Waals surface area contributed by atoms with Gasteiger partial charge in [-0.3, -0.25) is 4.90 Å². The molecule has 0 bridgehead atoms. The first-order valence-corrected chi connectivity index (χ1v) is 13.8. The van der Waals surface area contributed by atoms with Crippen LogP contribution in [0.3, 0.4) is 0 Å². The van der Waals surface area contributed by atoms with E-state index in [0.717, 1.165) is 24.3 Å². The molecule has 3 rings (SSSR count). The Morgan fingerprint density at radius 1 is 1.00 bits per heavy atom. The van der Waals surface area contributed by atoms with Crippen LogP contribution in [0.15, 0.2) is 47.4 Å². The van der Waals surface area contributed by atoms with E-state index in [9.17, 15) is 26.4 Å². The molecule has 14 heteroatoms. The quantitative estimate of drug-likeness (QED) is 0.456. The van der Waals surface area contributed by atoms with Gasteiger partial charge in [0.15, 0.2) is 0 Å². The van der Waals surface area contributed by atoms with Gasteiger partial charge in [-0.25, -0.2) is 17.9 Å². The topological polar surface area (TPSA) is 88.2 Å². The monoisotopic (exact) mass is 597 g/mol. The molecule has 2 aromatic rings. The van der Waals surface area contributed by atoms with E-state index in [-0.39, 0.29) is 16.5 Å². The number of halogens is 5. The molecule has 1 saturated heterocycles. The van der Waals surface area contributed by atoms with Crippen molar-refractivity contribution in [3.8, 4) is 5.75 Å². The van der Waals surface area contributed by atoms with E-state index in [1.807, 2.05) is 4.90 Å². The zero-order valence-electron chi connectivity index (χ0n) is 20.9. The van der Waals surface area contributed by atoms with Crippen molar-refractivity contribution in [2.45, 2.75) is 43.7 Å². The van der Waals surface area contributed by atoms with Gasteiger partial charge in [0.25, 0.3) is 0 Å². The summed E-state index contributed by atoms with van der Waals surface area (Å²) in [6, 6.07) is 7.84. The maximum absolute atomic E-state index is 13.2. The Bertz CT molecular complexity index is 1230. The fourth-order valence-corrected chi connectivity index (χ4v) is 5.24. The number of carbonyl (C=O) groups excluding carboxylic acids is 1. The summed E-state index contributed by atoms with van der Waals surface area (Å²) in [5.74, 6) is -0.541. The summed E-state index contributed by atoms with van der Waals surface area (Å²) in [6.45, 7) is 7.27. The lowest BCUT2D eigenvalue weighted by molar-refractivity contribution is -0.274. The van der Waals surface area contributed by atoms with Gasteiger partial charge in [0.05, 0.1) is 21.0 Å². The average Bonchev–Trinajstić information content (AvgIpc) is 2.79. The summed E-state index contributed by atoms with van der Waals surface area (Å²) in [5.41, 5.74) is -0.0859. The maximum Gasteiger partial charge on any atom is 0.573 e. The largest absolute Gasteiger partial charge is 0.573 e. The van der Waals surface area contributed by atoms with Crippen LogP contribution in [0.5, 0.6) is 5.75 Å². The molecule has 0 radical (unpaired) electrons. The number of carbonyl (C=O) groups is 1. The average molecular weight is 598 g/mol. The number of rotatable bonds is 7. The first kappa shape index (κ1) is 30.3. The van der Waals surface area contributed by atoms with Crippen LogP contribution in [0, 0.1) is 0 Å². The fraction of sp³-hybridized carbons (Fsp3) is 0.458. The SMILES string of the molecule is CC(C)(C)OC(=O)N1CCN(CC(NS(=O)(=O)c2ccc(OC(F)(F)F)cc2)c2ccc(Cl)c(Cl)c2)CC1. The molecule has 8 nitrogen and oxygen atoms in total. The normalized spacial score (nSPS) is 16.3. The second-order valence-electron chi connectivity index (χ2n) is 9.63. The van der Waals surface area contributed by atoms with Gasteiger partial charge in [-0.05, 0) is 62.7 Å². The Morgan fingerprint density at radius 3 is 2.13 bits per heavy atom. The van der Waals surface area contributed by atoms with Gasteiger partial charge in [0, 0.05) is 32.7 Å². The van der Waals surface area contributed by atoms with Crippen LogP contribution in [-0.2, 0) is 14.8 Å². The molecule has 1 aliphatic rings. The Kier molecular flexibility index (Phi) is 9.46. The molecule has 1 atom stereocenters. The van der Waals surface area contributed by atoms with Crippen LogP contribution in [0.4, 0.5) is 18.0 Å². The highest BCUT2D eigenvalue weighted by molar-refractivity contribution is 7.89. The Hall–Kier alpha value is -2.25. The molecule has 210 valence electrons. The molecule has 1 unspecified atom stereocenters. The molecule has 0 aliphatic carbocycles. The highest BCUT2D eigenvalue weighted by atomic mass is 35.5. The third-order valence-corrected chi connectivity index (χ3v) is 7.70. The van der Waals surface area contributed by atoms with Crippen molar-refractivity contribution in [3.63, 3.8) is 0 Å². The lowest BCUT2D eigenvalue weighted by atomic mass is 10.1. The number of sulfonamides is 1. The first-order valence-electron chi connectivity index (χ1n) is 11.6. The Morgan fingerprint density at radius 2 is 1.61 bits per heavy atom. The number of hydrogen-bond acceptors (Lipinski definition) is 6. The maximum atomic E-state index is 13.2. The van der Waals surface area contributed by atoms with Crippen LogP contribution in [0.25, 0.3) is 0 Å². The first-order chi connectivity index (χ1) is 17.5. The van der Waals surface area contributed by atoms with Crippen LogP contribution in [-0.4, -0.2) is 69.0 Å². The fourth-order valence-electron chi connectivity index (χ4n) is 3.71. The zero-order chi connectivity index (χ0) is 28.3. The summed E-state index contributed by atoms with van der Waals surface area (Å²) in [4.78, 5) is 15.7. The van der Waals surface area contributed by atoms with Crippen molar-refractivity contribution >= 4 is 39.3 Å². The van der Waals surface area contributed by atoms with Crippen molar-refractivity contribution in [3.05, 3.63) is 58.1 Å². The molecule has 0 spiro atoms. The Labute approximate surface area is 229 Å². The van der Waals surface area contributed by atoms with Crippen LogP contribution >= 0.6 is 23.2 Å². The minimum absolute atomic E-state index is 0.231. The van der Waals surface area contributed by atoms with Gasteiger partial charge >= 0.3 is 12.5 Å². The van der Waals surface area contributed by atoms with Crippen molar-refractivity contribution in [1.29, 1.82) is 0 Å². The van der Waals surface area contributed by atoms with E-state index in [4.69, 9.17) is 27.9 Å². The van der Waals surface area contributed by atoms with Crippen molar-refractivity contribution in [2.75, 3.05) is 32.7 Å². The molecule has 38 heavy (non-hydrogen) atoms. The number of hydrogen-bond donors (Lipinski definition) is 1. The van der Waals surface area contributed by atoms with Crippen molar-refractivity contribution in [2.24, 2.45) is 0 Å². The van der Waals surface area contributed by atoms with Crippen molar-refractivity contribution in [1.82, 2.24) is 14.5 Å². The van der Waals surface area contributed by atoms with Gasteiger partial charge in [0.1, 0.15) is 11.4 Å². The van der Waals surface area contributed by atoms with Gasteiger partial charge in [0.2, 0.25) is 10.0 Å². The van der Waals surface area contributed by atoms with Crippen LogP contribution in [0.1, 0.15) is 32.4 Å². The molecule has 1 heterocycles. The number of alkyl halides is 3. The molecule has 0 saturated carbocycles. The highest BCUT2D eigenvalue weighted by Gasteiger charge is 2.32. The smallest absolute Gasteiger partial charge is 0.444 e. The number of benzene rings is 2. The Balaban J connectivity index is 1.76. The molecule has 1 aliphatic heterocycles. The third kappa shape index (κ3) is 8.91. The van der Waals surface area contributed by atoms with E-state index in [1.165, 1.54) is 0 Å². The molecule has 2 aromatic carbocycles. The number of piperazine rings is 1. The van der Waals surface area contributed by atoms with Gasteiger partial charge in [-0.1, -0.05) is 29.3 Å². The van der Waals surface area contributed by atoms with E-state index in [1.54, 1.807) is 43.9 Å². The second kappa shape index (κ2) is 11.9. The molecule has 1 N–H and O–H groups in total. The van der Waals surface area contributed by atoms with Gasteiger partial charge in [-0.2, -0.15) is 0 Å². The minimum Gasteiger partial charge on any atom is -0.444 e. The second-order valence-corrected chi connectivity index (χ2v) is 12.2. The van der Waals surface area contributed by atoms with Gasteiger partial charge in [-0.15, -0.1) is 13.2 Å². The lowest BCUT2D eigenvalue weighted by Crippen LogP contribution is -2.51. The van der Waals surface area contributed by atoms with Gasteiger partial charge < -0.3 is 14.4 Å². The lowest BCUT2D eigenvalue weighted by Gasteiger charge is -2.37. The molecular formula is C24H28Cl2F3N3O5S. The van der Waals surface area contributed by atoms with Crippen LogP contribution in [0.2, 0.25) is 10.0 Å². The summed E-state index contributed by atoms with van der Waals surface area (Å²) in [6.07, 6.45) is -5.32. The highest BCUT2D eigenvalue weighted by Crippen LogP contribution is 2.29. The summed E-state index contributed by atoms with van der Waals surface area (Å²) >= 11 is 12.2. The standard InChI is InChI=1S/C24H28Cl2F3N3O5S/c1-23(2,3)37-22(33)32-12-10-31(11-13-32)15-21(16-4-9-19(25)20(26)14-16)30-38(34,35)18-7-5-17(6-8-18)36-24(27,28)29/h4-9,14,21,30H,10-13,15H2,1-3H3.